The summed E-state index contributed by atoms with van der Waals surface area (Å²) in [6, 6.07) is 0. The number of anilines is 1. The van der Waals surface area contributed by atoms with Crippen LogP contribution in [0.15, 0.2) is 0 Å². The fourth-order valence-electron chi connectivity index (χ4n) is 6.09. The van der Waals surface area contributed by atoms with Crippen molar-refractivity contribution in [3.63, 3.8) is 0 Å². The molecule has 5 aliphatic rings. The predicted molar refractivity (Wildman–Crippen MR) is 78.2 cm³/mol. The maximum atomic E-state index is 6.21. The molecule has 4 heteroatoms. The van der Waals surface area contributed by atoms with Crippen LogP contribution in [-0.2, 0) is 18.5 Å². The second-order valence-electron chi connectivity index (χ2n) is 7.79. The Morgan fingerprint density at radius 2 is 1.75 bits per heavy atom. The van der Waals surface area contributed by atoms with Gasteiger partial charge in [0, 0.05) is 30.8 Å². The highest BCUT2D eigenvalue weighted by molar-refractivity contribution is 5.44. The number of nitrogens with one attached hydrogen (secondary N) is 1. The number of hydrogen-bond donors (Lipinski definition) is 2. The first kappa shape index (κ1) is 11.6. The molecule has 4 bridgehead atoms. The molecule has 108 valence electrons. The number of rotatable bonds is 1. The molecule has 0 amide bonds. The Hall–Kier alpha value is -1.03. The molecule has 3 N–H and O–H groups in total. The second-order valence-corrected chi connectivity index (χ2v) is 7.79. The van der Waals surface area contributed by atoms with Crippen molar-refractivity contribution in [3.8, 4) is 0 Å². The molecule has 0 unspecified atom stereocenters. The summed E-state index contributed by atoms with van der Waals surface area (Å²) in [5.41, 5.74) is 9.27. The van der Waals surface area contributed by atoms with Crippen LogP contribution < -0.4 is 11.1 Å². The van der Waals surface area contributed by atoms with Crippen LogP contribution in [0.5, 0.6) is 0 Å². The summed E-state index contributed by atoms with van der Waals surface area (Å²) >= 11 is 0. The number of aromatic nitrogens is 2. The van der Waals surface area contributed by atoms with Gasteiger partial charge in [-0.25, -0.2) is 0 Å². The van der Waals surface area contributed by atoms with Gasteiger partial charge in [-0.15, -0.1) is 0 Å². The van der Waals surface area contributed by atoms with E-state index in [1.165, 1.54) is 49.8 Å². The van der Waals surface area contributed by atoms with Gasteiger partial charge in [-0.2, -0.15) is 5.10 Å². The maximum absolute atomic E-state index is 6.21. The highest BCUT2D eigenvalue weighted by atomic mass is 15.4. The van der Waals surface area contributed by atoms with Crippen LogP contribution in [0.2, 0.25) is 0 Å². The lowest BCUT2D eigenvalue weighted by atomic mass is 9.53. The average Bonchev–Trinajstić information content (AvgIpc) is 2.76. The molecule has 1 aromatic rings. The lowest BCUT2D eigenvalue weighted by molar-refractivity contribution is -0.0507. The van der Waals surface area contributed by atoms with E-state index in [1.807, 2.05) is 0 Å². The molecule has 0 spiro atoms. The molecule has 0 atom stereocenters. The quantitative estimate of drug-likeness (QED) is 0.822. The Bertz CT molecular complexity index is 524. The fraction of sp³-hybridized carbons (Fsp3) is 0.812. The molecule has 6 rings (SSSR count). The van der Waals surface area contributed by atoms with Crippen LogP contribution in [0, 0.1) is 17.8 Å². The molecule has 0 aromatic carbocycles. The van der Waals surface area contributed by atoms with Gasteiger partial charge in [0.05, 0.1) is 5.54 Å². The lowest BCUT2D eigenvalue weighted by Gasteiger charge is -2.57. The zero-order chi connectivity index (χ0) is 13.3. The molecule has 0 saturated heterocycles. The molecule has 4 nitrogen and oxygen atoms in total. The third-order valence-corrected chi connectivity index (χ3v) is 6.42. The van der Waals surface area contributed by atoms with E-state index < -0.39 is 0 Å². The van der Waals surface area contributed by atoms with Crippen molar-refractivity contribution in [2.45, 2.75) is 57.0 Å². The van der Waals surface area contributed by atoms with Crippen molar-refractivity contribution in [2.24, 2.45) is 17.8 Å². The predicted octanol–water partition coefficient (Wildman–Crippen LogP) is 2.04. The molecule has 2 heterocycles. The van der Waals surface area contributed by atoms with Gasteiger partial charge in [-0.05, 0) is 56.3 Å². The van der Waals surface area contributed by atoms with Gasteiger partial charge in [-0.3, -0.25) is 4.68 Å². The van der Waals surface area contributed by atoms with E-state index in [9.17, 15) is 0 Å². The molecule has 1 aromatic heterocycles. The number of nitrogens with two attached hydrogens (primary N) is 1. The molecular weight excluding hydrogens is 248 g/mol. The Morgan fingerprint density at radius 3 is 2.40 bits per heavy atom. The highest BCUT2D eigenvalue weighted by Gasteiger charge is 2.53. The van der Waals surface area contributed by atoms with Gasteiger partial charge in [0.1, 0.15) is 5.82 Å². The number of nitrogens with zero attached hydrogens (tertiary/aromatic N) is 2. The smallest absolute Gasteiger partial charge is 0.150 e. The largest absolute Gasteiger partial charge is 0.382 e. The van der Waals surface area contributed by atoms with E-state index in [0.717, 1.165) is 43.1 Å². The summed E-state index contributed by atoms with van der Waals surface area (Å²) < 4.78 is 2.42. The first-order chi connectivity index (χ1) is 9.73. The van der Waals surface area contributed by atoms with Gasteiger partial charge < -0.3 is 11.1 Å². The van der Waals surface area contributed by atoms with E-state index >= 15 is 0 Å². The number of nitrogen functional groups attached to an aromatic ring is 1. The maximum Gasteiger partial charge on any atom is 0.150 e. The fourth-order valence-corrected chi connectivity index (χ4v) is 6.09. The Balaban J connectivity index is 1.63. The Kier molecular flexibility index (Phi) is 2.20. The summed E-state index contributed by atoms with van der Waals surface area (Å²) in [6.07, 6.45) is 9.64. The van der Waals surface area contributed by atoms with Gasteiger partial charge in [0.15, 0.2) is 0 Å². The molecule has 0 radical (unpaired) electrons. The molecule has 4 fully saturated rings. The first-order valence-electron chi connectivity index (χ1n) is 8.31. The van der Waals surface area contributed by atoms with Crippen molar-refractivity contribution in [3.05, 3.63) is 11.3 Å². The van der Waals surface area contributed by atoms with Crippen molar-refractivity contribution >= 4 is 5.82 Å². The summed E-state index contributed by atoms with van der Waals surface area (Å²) in [6.45, 7) is 1.98. The third-order valence-electron chi connectivity index (χ3n) is 6.42. The van der Waals surface area contributed by atoms with E-state index in [2.05, 4.69) is 10.00 Å². The van der Waals surface area contributed by atoms with Gasteiger partial charge in [0.2, 0.25) is 0 Å². The van der Waals surface area contributed by atoms with Crippen LogP contribution in [0.1, 0.15) is 49.8 Å². The average molecular weight is 272 g/mol. The summed E-state index contributed by atoms with van der Waals surface area (Å²) in [5.74, 6) is 3.67. The van der Waals surface area contributed by atoms with Crippen LogP contribution in [0.4, 0.5) is 5.82 Å². The molecular formula is C16H24N4. The van der Waals surface area contributed by atoms with Crippen molar-refractivity contribution in [1.82, 2.24) is 15.1 Å². The Labute approximate surface area is 120 Å². The van der Waals surface area contributed by atoms with Gasteiger partial charge in [-0.1, -0.05) is 0 Å². The summed E-state index contributed by atoms with van der Waals surface area (Å²) in [4.78, 5) is 0. The molecule has 4 saturated carbocycles. The van der Waals surface area contributed by atoms with Crippen molar-refractivity contribution < 1.29 is 0 Å². The highest BCUT2D eigenvalue weighted by Crippen LogP contribution is 2.59. The molecule has 1 aliphatic heterocycles. The lowest BCUT2D eigenvalue weighted by Crippen LogP contribution is -2.53. The Morgan fingerprint density at radius 1 is 1.10 bits per heavy atom. The van der Waals surface area contributed by atoms with E-state index in [4.69, 9.17) is 10.8 Å². The van der Waals surface area contributed by atoms with E-state index in [-0.39, 0.29) is 0 Å². The van der Waals surface area contributed by atoms with E-state index in [0.29, 0.717) is 5.54 Å². The number of hydrogen-bond acceptors (Lipinski definition) is 3. The summed E-state index contributed by atoms with van der Waals surface area (Å²) in [5, 5.41) is 8.27. The molecule has 4 aliphatic carbocycles. The minimum Gasteiger partial charge on any atom is -0.382 e. The van der Waals surface area contributed by atoms with Crippen LogP contribution in [-0.4, -0.2) is 16.3 Å². The normalized spacial score (nSPS) is 41.9. The van der Waals surface area contributed by atoms with Crippen LogP contribution >= 0.6 is 0 Å². The van der Waals surface area contributed by atoms with Crippen LogP contribution in [0.25, 0.3) is 0 Å². The number of fused-ring (bicyclic) bond motifs is 1. The SMILES string of the molecule is Nc1nn(C23CC4CC(CC(C4)C2)C3)c2c1CNCC2. The second kappa shape index (κ2) is 3.79. The first-order valence-corrected chi connectivity index (χ1v) is 8.31. The topological polar surface area (TPSA) is 55.9 Å². The van der Waals surface area contributed by atoms with Crippen molar-refractivity contribution in [2.75, 3.05) is 12.3 Å². The molecule has 20 heavy (non-hydrogen) atoms. The minimum absolute atomic E-state index is 0.327. The van der Waals surface area contributed by atoms with Crippen molar-refractivity contribution in [1.29, 1.82) is 0 Å². The summed E-state index contributed by atoms with van der Waals surface area (Å²) in [7, 11) is 0. The van der Waals surface area contributed by atoms with Gasteiger partial charge in [0.25, 0.3) is 0 Å². The standard InChI is InChI=1S/C16H24N4/c17-15-13-9-18-2-1-14(13)20(19-15)16-6-10-3-11(7-16)5-12(4-10)8-16/h10-12,18H,1-9H2,(H2,17,19). The zero-order valence-corrected chi connectivity index (χ0v) is 12.1. The third kappa shape index (κ3) is 1.43. The monoisotopic (exact) mass is 272 g/mol. The van der Waals surface area contributed by atoms with E-state index in [1.54, 1.807) is 0 Å². The minimum atomic E-state index is 0.327. The van der Waals surface area contributed by atoms with Crippen LogP contribution in [0.3, 0.4) is 0 Å². The van der Waals surface area contributed by atoms with Gasteiger partial charge >= 0.3 is 0 Å². The zero-order valence-electron chi connectivity index (χ0n) is 12.1.